The van der Waals surface area contributed by atoms with Gasteiger partial charge < -0.3 is 43.9 Å². The second-order valence-corrected chi connectivity index (χ2v) is 30.8. The Hall–Kier alpha value is 0.220. The van der Waals surface area contributed by atoms with Crippen LogP contribution in [-0.2, 0) is 38.1 Å². The largest absolute Gasteiger partial charge is 0.378 e. The Morgan fingerprint density at radius 2 is 0.576 bits per heavy atom. The van der Waals surface area contributed by atoms with Crippen LogP contribution in [0.2, 0.25) is 0 Å². The lowest BCUT2D eigenvalue weighted by Crippen LogP contribution is -2.33. The van der Waals surface area contributed by atoms with Gasteiger partial charge in [-0.05, 0) is 137 Å². The lowest BCUT2D eigenvalue weighted by molar-refractivity contribution is -0.131. The van der Waals surface area contributed by atoms with E-state index in [9.17, 15) is 19.2 Å². The van der Waals surface area contributed by atoms with Gasteiger partial charge in [-0.1, -0.05) is 59.5 Å². The first-order chi connectivity index (χ1) is 41.8. The van der Waals surface area contributed by atoms with Crippen LogP contribution in [0.5, 0.6) is 0 Å². The van der Waals surface area contributed by atoms with Crippen molar-refractivity contribution in [3.8, 4) is 0 Å². The van der Waals surface area contributed by atoms with E-state index in [1.165, 1.54) is 37.9 Å². The second-order valence-electron chi connectivity index (χ2n) is 21.0. The number of nitrogens with one attached hydrogen (secondary N) is 1. The summed E-state index contributed by atoms with van der Waals surface area (Å²) in [6, 6.07) is 0. The molecule has 0 heterocycles. The van der Waals surface area contributed by atoms with Gasteiger partial charge in [-0.3, -0.25) is 19.2 Å². The molecule has 0 aliphatic carbocycles. The summed E-state index contributed by atoms with van der Waals surface area (Å²) in [7, 11) is 1.99. The van der Waals surface area contributed by atoms with Crippen LogP contribution in [-0.4, -0.2) is 254 Å². The third-order valence-corrected chi connectivity index (χ3v) is 21.9. The molecule has 502 valence electrons. The van der Waals surface area contributed by atoms with Crippen molar-refractivity contribution in [3.63, 3.8) is 0 Å². The summed E-state index contributed by atoms with van der Waals surface area (Å²) in [5.74, 6) is 17.3. The molecule has 0 rings (SSSR count). The van der Waals surface area contributed by atoms with Crippen molar-refractivity contribution in [2.75, 3.05) is 211 Å². The number of unbranched alkanes of at least 4 members (excludes halogenated alkanes) is 6. The maximum Gasteiger partial charge on any atom is 0.223 e. The van der Waals surface area contributed by atoms with Crippen LogP contribution in [0, 0.1) is 0 Å². The zero-order valence-electron chi connectivity index (χ0n) is 54.6. The summed E-state index contributed by atoms with van der Waals surface area (Å²) in [5.41, 5.74) is 0. The zero-order valence-corrected chi connectivity index (χ0v) is 61.1. The topological polar surface area (TPSA) is 130 Å². The Morgan fingerprint density at radius 3 is 0.882 bits per heavy atom. The summed E-state index contributed by atoms with van der Waals surface area (Å²) in [4.78, 5) is 60.1. The number of carbonyl (C=O) groups excluding carboxylic acids is 4. The van der Waals surface area contributed by atoms with Crippen molar-refractivity contribution in [2.24, 2.45) is 0 Å². The van der Waals surface area contributed by atoms with Gasteiger partial charge in [-0.15, -0.1) is 6.58 Å². The lowest BCUT2D eigenvalue weighted by Gasteiger charge is -2.22. The molecule has 0 radical (unpaired) electrons. The molecule has 0 atom stereocenters. The van der Waals surface area contributed by atoms with E-state index in [4.69, 9.17) is 18.9 Å². The first-order valence-corrected chi connectivity index (χ1v) is 42.3. The highest BCUT2D eigenvalue weighted by molar-refractivity contribution is 8.00. The highest BCUT2D eigenvalue weighted by Gasteiger charge is 2.16. The average molecular weight is 1350 g/mol. The maximum absolute atomic E-state index is 13.2. The molecule has 0 fully saturated rings. The Labute approximate surface area is 556 Å². The summed E-state index contributed by atoms with van der Waals surface area (Å²) < 4.78 is 23.0. The summed E-state index contributed by atoms with van der Waals surface area (Å²) in [5, 5.41) is 3.18. The fourth-order valence-corrected chi connectivity index (χ4v) is 15.2. The first-order valence-electron chi connectivity index (χ1n) is 33.1. The van der Waals surface area contributed by atoms with Crippen molar-refractivity contribution in [2.45, 2.75) is 156 Å². The number of ether oxygens (including phenoxy) is 4. The van der Waals surface area contributed by atoms with Crippen LogP contribution in [0.25, 0.3) is 0 Å². The Balaban J connectivity index is 3.93. The summed E-state index contributed by atoms with van der Waals surface area (Å²) in [6.07, 6.45) is 21.9. The van der Waals surface area contributed by atoms with E-state index < -0.39 is 0 Å². The van der Waals surface area contributed by atoms with Crippen LogP contribution < -0.4 is 5.32 Å². The van der Waals surface area contributed by atoms with Gasteiger partial charge in [-0.25, -0.2) is 0 Å². The molecule has 0 spiro atoms. The molecule has 0 aromatic carbocycles. The minimum Gasteiger partial charge on any atom is -0.378 e. The zero-order chi connectivity index (χ0) is 62.0. The van der Waals surface area contributed by atoms with Crippen LogP contribution in [0.1, 0.15) is 156 Å². The summed E-state index contributed by atoms with van der Waals surface area (Å²) >= 11 is 15.3. The van der Waals surface area contributed by atoms with Crippen LogP contribution in [0.15, 0.2) is 12.7 Å². The molecular formula is C64H125N5O8S8. The highest BCUT2D eigenvalue weighted by atomic mass is 32.2. The van der Waals surface area contributed by atoms with Gasteiger partial charge in [0.15, 0.2) is 0 Å². The molecule has 0 aromatic rings. The Morgan fingerprint density at radius 1 is 0.329 bits per heavy atom. The minimum atomic E-state index is 0.252. The number of thioether (sulfide) groups is 8. The molecule has 0 saturated carbocycles. The molecule has 0 aliphatic rings. The molecule has 13 nitrogen and oxygen atoms in total. The smallest absolute Gasteiger partial charge is 0.223 e. The third-order valence-electron chi connectivity index (χ3n) is 13.5. The lowest BCUT2D eigenvalue weighted by atomic mass is 10.2. The minimum absolute atomic E-state index is 0.252. The molecule has 21 heteroatoms. The number of rotatable bonds is 70. The van der Waals surface area contributed by atoms with E-state index in [0.29, 0.717) is 90.3 Å². The maximum atomic E-state index is 13.2. The fraction of sp³-hybridized carbons (Fsp3) is 0.906. The second kappa shape index (κ2) is 70.1. The normalized spacial score (nSPS) is 11.4. The van der Waals surface area contributed by atoms with Crippen molar-refractivity contribution in [1.29, 1.82) is 0 Å². The third kappa shape index (κ3) is 59.0. The summed E-state index contributed by atoms with van der Waals surface area (Å²) in [6.45, 7) is 25.6. The molecule has 4 amide bonds. The molecule has 1 N–H and O–H groups in total. The molecule has 0 unspecified atom stereocenters. The average Bonchev–Trinajstić information content (AvgIpc) is 3.50. The number of nitrogens with zero attached hydrogens (tertiary/aromatic N) is 4. The molecule has 0 aromatic heterocycles. The predicted octanol–water partition coefficient (Wildman–Crippen LogP) is 13.5. The van der Waals surface area contributed by atoms with Crippen molar-refractivity contribution in [1.82, 2.24) is 24.9 Å². The van der Waals surface area contributed by atoms with E-state index >= 15 is 0 Å². The predicted molar refractivity (Wildman–Crippen MR) is 387 cm³/mol. The number of hydrogen-bond donors (Lipinski definition) is 1. The van der Waals surface area contributed by atoms with Crippen molar-refractivity contribution >= 4 is 118 Å². The van der Waals surface area contributed by atoms with Crippen molar-refractivity contribution in [3.05, 3.63) is 12.7 Å². The van der Waals surface area contributed by atoms with E-state index in [1.54, 1.807) is 23.5 Å². The monoisotopic (exact) mass is 1350 g/mol. The van der Waals surface area contributed by atoms with Gasteiger partial charge in [0, 0.05) is 124 Å². The van der Waals surface area contributed by atoms with E-state index in [0.717, 1.165) is 216 Å². The van der Waals surface area contributed by atoms with Gasteiger partial charge in [-0.2, -0.15) is 94.1 Å². The number of amides is 4. The van der Waals surface area contributed by atoms with Crippen molar-refractivity contribution < 1.29 is 38.1 Å². The number of carbonyl (C=O) groups is 4. The van der Waals surface area contributed by atoms with Crippen LogP contribution in [0.3, 0.4) is 0 Å². The molecular weight excluding hydrogens is 1220 g/mol. The Kier molecular flexibility index (Phi) is 70.3. The Bertz CT molecular complexity index is 1490. The SMILES string of the molecule is C=CCN(CCCC)C(=O)CCSCCCCSCCCN(CCCC)C(=O)CCSCCOCCOCCSCCCN(CCCC)C(=O)CCSCCCCSCCCN(CCCC)C(=O)CCSCCOCCOCCSCCCNC. The van der Waals surface area contributed by atoms with E-state index in [-0.39, 0.29) is 11.8 Å². The first kappa shape index (κ1) is 85.2. The van der Waals surface area contributed by atoms with Gasteiger partial charge in [0.25, 0.3) is 0 Å². The van der Waals surface area contributed by atoms with E-state index in [1.807, 2.05) is 88.6 Å². The van der Waals surface area contributed by atoms with Gasteiger partial charge in [0.1, 0.15) is 0 Å². The standard InChI is InChI=1S/C64H125N5O8S8/c1-7-12-30-66(29-11-5)61(70)24-53-80-47-18-16-45-78-50-21-34-67(31-13-8-2)64(73)27-56-85-60-44-77-40-38-75-42-58-83-52-23-36-69(33-15-10-4)62(71)25-54-81-48-19-17-46-79-51-22-35-68(32-14-9-3)63(72)26-55-84-59-43-76-39-37-74-41-57-82-49-20-28-65-6/h11,65H,5,7-10,12-60H2,1-4,6H3. The number of hydrogen-bond acceptors (Lipinski definition) is 17. The molecule has 85 heavy (non-hydrogen) atoms. The van der Waals surface area contributed by atoms with Gasteiger partial charge in [0.2, 0.25) is 23.6 Å². The molecule has 0 saturated heterocycles. The fourth-order valence-electron chi connectivity index (χ4n) is 8.40. The van der Waals surface area contributed by atoms with Crippen LogP contribution in [0.4, 0.5) is 0 Å². The van der Waals surface area contributed by atoms with Gasteiger partial charge >= 0.3 is 0 Å². The van der Waals surface area contributed by atoms with E-state index in [2.05, 4.69) is 54.3 Å². The molecule has 0 bridgehead atoms. The van der Waals surface area contributed by atoms with Gasteiger partial charge in [0.05, 0.1) is 52.9 Å². The molecule has 0 aliphatic heterocycles. The van der Waals surface area contributed by atoms with Crippen LogP contribution >= 0.6 is 94.1 Å². The quantitative estimate of drug-likeness (QED) is 0.0457. The highest BCUT2D eigenvalue weighted by Crippen LogP contribution is 2.17.